The fraction of sp³-hybridized carbons (Fsp3) is 0.615. The second-order valence-corrected chi connectivity index (χ2v) is 10.7. The van der Waals surface area contributed by atoms with Crippen molar-refractivity contribution in [1.82, 2.24) is 9.62 Å². The molecule has 1 aliphatic rings. The molecular formula is C13H18Br2N2O4S2. The lowest BCUT2D eigenvalue weighted by Crippen LogP contribution is -2.49. The molecule has 130 valence electrons. The monoisotopic (exact) mass is 488 g/mol. The van der Waals surface area contributed by atoms with E-state index in [1.807, 2.05) is 13.8 Å². The summed E-state index contributed by atoms with van der Waals surface area (Å²) in [7, 11) is -3.41. The standard InChI is InChI=1S/C13H18Br2N2O4S2/c1-8-6-17(7-9(2)21-8)23(19,20)4-3-16-13(18)11-5-10(14)12(15)22-11/h5,8-9H,3-4,6-7H2,1-2H3,(H,16,18). The molecule has 2 atom stereocenters. The second kappa shape index (κ2) is 7.92. The van der Waals surface area contributed by atoms with Crippen molar-refractivity contribution >= 4 is 59.1 Å². The maximum absolute atomic E-state index is 12.4. The van der Waals surface area contributed by atoms with Gasteiger partial charge in [0.2, 0.25) is 10.0 Å². The number of hydrogen-bond acceptors (Lipinski definition) is 5. The Bertz CT molecular complexity index is 648. The van der Waals surface area contributed by atoms with E-state index in [4.69, 9.17) is 4.74 Å². The average Bonchev–Trinajstić information content (AvgIpc) is 2.77. The molecule has 0 bridgehead atoms. The predicted octanol–water partition coefficient (Wildman–Crippen LogP) is 2.44. The van der Waals surface area contributed by atoms with Gasteiger partial charge in [-0.2, -0.15) is 4.31 Å². The van der Waals surface area contributed by atoms with Crippen molar-refractivity contribution in [3.05, 3.63) is 19.2 Å². The molecule has 2 heterocycles. The van der Waals surface area contributed by atoms with E-state index in [1.54, 1.807) is 6.07 Å². The largest absolute Gasteiger partial charge is 0.373 e. The minimum absolute atomic E-state index is 0.0778. The van der Waals surface area contributed by atoms with Crippen molar-refractivity contribution in [2.45, 2.75) is 26.1 Å². The lowest BCUT2D eigenvalue weighted by molar-refractivity contribution is -0.0440. The number of ether oxygens (including phenoxy) is 1. The number of halogens is 2. The topological polar surface area (TPSA) is 75.7 Å². The molecule has 0 spiro atoms. The van der Waals surface area contributed by atoms with Crippen molar-refractivity contribution < 1.29 is 17.9 Å². The first-order valence-electron chi connectivity index (χ1n) is 7.05. The molecule has 1 N–H and O–H groups in total. The lowest BCUT2D eigenvalue weighted by atomic mass is 10.3. The Morgan fingerprint density at radius 2 is 2.00 bits per heavy atom. The van der Waals surface area contributed by atoms with Crippen LogP contribution in [0.15, 0.2) is 14.3 Å². The zero-order chi connectivity index (χ0) is 17.2. The molecule has 1 fully saturated rings. The Kier molecular flexibility index (Phi) is 6.66. The normalized spacial score (nSPS) is 23.0. The smallest absolute Gasteiger partial charge is 0.261 e. The van der Waals surface area contributed by atoms with Gasteiger partial charge in [0, 0.05) is 24.1 Å². The summed E-state index contributed by atoms with van der Waals surface area (Å²) in [6.07, 6.45) is -0.243. The SMILES string of the molecule is CC1CN(S(=O)(=O)CCNC(=O)c2cc(Br)c(Br)s2)CC(C)O1. The van der Waals surface area contributed by atoms with Crippen LogP contribution < -0.4 is 5.32 Å². The minimum atomic E-state index is -3.41. The number of carbonyl (C=O) groups is 1. The van der Waals surface area contributed by atoms with Crippen molar-refractivity contribution in [1.29, 1.82) is 0 Å². The van der Waals surface area contributed by atoms with Crippen molar-refractivity contribution in [3.63, 3.8) is 0 Å². The van der Waals surface area contributed by atoms with E-state index >= 15 is 0 Å². The lowest BCUT2D eigenvalue weighted by Gasteiger charge is -2.34. The Morgan fingerprint density at radius 3 is 2.52 bits per heavy atom. The number of hydrogen-bond donors (Lipinski definition) is 1. The first-order chi connectivity index (χ1) is 10.7. The van der Waals surface area contributed by atoms with E-state index in [2.05, 4.69) is 37.2 Å². The van der Waals surface area contributed by atoms with Gasteiger partial charge in [-0.25, -0.2) is 8.42 Å². The molecule has 2 unspecified atom stereocenters. The molecule has 10 heteroatoms. The molecule has 1 saturated heterocycles. The zero-order valence-electron chi connectivity index (χ0n) is 12.7. The third-order valence-electron chi connectivity index (χ3n) is 3.29. The van der Waals surface area contributed by atoms with Gasteiger partial charge in [-0.15, -0.1) is 11.3 Å². The van der Waals surface area contributed by atoms with Crippen molar-refractivity contribution in [3.8, 4) is 0 Å². The van der Waals surface area contributed by atoms with Crippen LogP contribution in [0, 0.1) is 0 Å². The third-order valence-corrected chi connectivity index (χ3v) is 8.35. The number of sulfonamides is 1. The highest BCUT2D eigenvalue weighted by molar-refractivity contribution is 9.13. The number of thiophene rings is 1. The quantitative estimate of drug-likeness (QED) is 0.689. The number of morpholine rings is 1. The summed E-state index contributed by atoms with van der Waals surface area (Å²) in [6, 6.07) is 1.70. The van der Waals surface area contributed by atoms with E-state index in [1.165, 1.54) is 15.6 Å². The summed E-state index contributed by atoms with van der Waals surface area (Å²) in [5.74, 6) is -0.397. The summed E-state index contributed by atoms with van der Waals surface area (Å²) in [5.41, 5.74) is 0. The molecule has 0 aliphatic carbocycles. The second-order valence-electron chi connectivity index (χ2n) is 5.38. The van der Waals surface area contributed by atoms with E-state index < -0.39 is 10.0 Å². The molecular weight excluding hydrogens is 472 g/mol. The molecule has 1 amide bonds. The number of carbonyl (C=O) groups excluding carboxylic acids is 1. The summed E-state index contributed by atoms with van der Waals surface area (Å²) in [5, 5.41) is 2.65. The maximum atomic E-state index is 12.4. The van der Waals surface area contributed by atoms with Crippen LogP contribution in [0.1, 0.15) is 23.5 Å². The molecule has 23 heavy (non-hydrogen) atoms. The van der Waals surface area contributed by atoms with Crippen LogP contribution in [-0.4, -0.2) is 56.2 Å². The number of amides is 1. The number of nitrogens with zero attached hydrogens (tertiary/aromatic N) is 1. The molecule has 6 nitrogen and oxygen atoms in total. The van der Waals surface area contributed by atoms with Crippen LogP contribution >= 0.6 is 43.2 Å². The van der Waals surface area contributed by atoms with Crippen molar-refractivity contribution in [2.75, 3.05) is 25.4 Å². The highest BCUT2D eigenvalue weighted by Gasteiger charge is 2.30. The van der Waals surface area contributed by atoms with Gasteiger partial charge in [-0.05, 0) is 51.8 Å². The van der Waals surface area contributed by atoms with Crippen LogP contribution in [0.2, 0.25) is 0 Å². The van der Waals surface area contributed by atoms with Gasteiger partial charge in [0.05, 0.1) is 26.6 Å². The molecule has 0 radical (unpaired) electrons. The molecule has 1 aromatic heterocycles. The Balaban J connectivity index is 1.88. The van der Waals surface area contributed by atoms with Crippen LogP contribution in [0.3, 0.4) is 0 Å². The highest BCUT2D eigenvalue weighted by atomic mass is 79.9. The fourth-order valence-corrected chi connectivity index (χ4v) is 5.77. The Labute approximate surface area is 156 Å². The van der Waals surface area contributed by atoms with E-state index in [0.29, 0.717) is 18.0 Å². The van der Waals surface area contributed by atoms with Crippen LogP contribution in [0.25, 0.3) is 0 Å². The van der Waals surface area contributed by atoms with Gasteiger partial charge in [-0.1, -0.05) is 0 Å². The summed E-state index contributed by atoms with van der Waals surface area (Å²) in [6.45, 7) is 4.49. The summed E-state index contributed by atoms with van der Waals surface area (Å²) in [4.78, 5) is 12.5. The molecule has 1 aromatic rings. The van der Waals surface area contributed by atoms with Crippen molar-refractivity contribution in [2.24, 2.45) is 0 Å². The van der Waals surface area contributed by atoms with Crippen LogP contribution in [0.5, 0.6) is 0 Å². The van der Waals surface area contributed by atoms with Gasteiger partial charge >= 0.3 is 0 Å². The van der Waals surface area contributed by atoms with Gasteiger partial charge in [0.15, 0.2) is 0 Å². The highest BCUT2D eigenvalue weighted by Crippen LogP contribution is 2.32. The van der Waals surface area contributed by atoms with Gasteiger partial charge in [0.25, 0.3) is 5.91 Å². The fourth-order valence-electron chi connectivity index (χ4n) is 2.33. The molecule has 0 saturated carbocycles. The van der Waals surface area contributed by atoms with Gasteiger partial charge in [0.1, 0.15) is 0 Å². The average molecular weight is 490 g/mol. The first-order valence-corrected chi connectivity index (χ1v) is 11.1. The summed E-state index contributed by atoms with van der Waals surface area (Å²) < 4.78 is 33.3. The molecule has 1 aliphatic heterocycles. The van der Waals surface area contributed by atoms with Gasteiger partial charge in [-0.3, -0.25) is 4.79 Å². The zero-order valence-corrected chi connectivity index (χ0v) is 17.5. The minimum Gasteiger partial charge on any atom is -0.373 e. The van der Waals surface area contributed by atoms with Gasteiger partial charge < -0.3 is 10.1 Å². The Hall–Kier alpha value is -0.000000000000000271. The Morgan fingerprint density at radius 1 is 1.39 bits per heavy atom. The maximum Gasteiger partial charge on any atom is 0.261 e. The molecule has 0 aromatic carbocycles. The first kappa shape index (κ1) is 19.3. The number of rotatable bonds is 5. The van der Waals surface area contributed by atoms with E-state index in [0.717, 1.165) is 8.26 Å². The molecule has 2 rings (SSSR count). The van der Waals surface area contributed by atoms with Crippen LogP contribution in [-0.2, 0) is 14.8 Å². The third kappa shape index (κ3) is 5.23. The predicted molar refractivity (Wildman–Crippen MR) is 97.4 cm³/mol. The summed E-state index contributed by atoms with van der Waals surface area (Å²) >= 11 is 7.93. The van der Waals surface area contributed by atoms with Crippen LogP contribution in [0.4, 0.5) is 0 Å². The number of nitrogens with one attached hydrogen (secondary N) is 1. The van der Waals surface area contributed by atoms with E-state index in [9.17, 15) is 13.2 Å². The van der Waals surface area contributed by atoms with E-state index in [-0.39, 0.29) is 30.4 Å².